The Morgan fingerprint density at radius 2 is 1.79 bits per heavy atom. The van der Waals surface area contributed by atoms with E-state index in [0.717, 1.165) is 5.56 Å². The van der Waals surface area contributed by atoms with E-state index in [2.05, 4.69) is 15.0 Å². The molecule has 150 valence electrons. The van der Waals surface area contributed by atoms with Crippen molar-refractivity contribution in [3.8, 4) is 11.4 Å². The number of carbonyl (C=O) groups excluding carboxylic acids is 1. The molecule has 2 heterocycles. The molecule has 8 heteroatoms. The van der Waals surface area contributed by atoms with Crippen LogP contribution in [0.15, 0.2) is 47.0 Å². The topological polar surface area (TPSA) is 62.5 Å². The zero-order chi connectivity index (χ0) is 20.4. The van der Waals surface area contributed by atoms with Crippen LogP contribution in [0, 0.1) is 6.92 Å². The fourth-order valence-electron chi connectivity index (χ4n) is 3.28. The summed E-state index contributed by atoms with van der Waals surface area (Å²) in [6.45, 7) is 5.22. The van der Waals surface area contributed by atoms with Crippen LogP contribution in [0.5, 0.6) is 0 Å². The summed E-state index contributed by atoms with van der Waals surface area (Å²) >= 11 is 12.2. The highest BCUT2D eigenvalue weighted by molar-refractivity contribution is 6.43. The first-order valence-corrected chi connectivity index (χ1v) is 10.1. The van der Waals surface area contributed by atoms with Gasteiger partial charge in [-0.25, -0.2) is 0 Å². The third kappa shape index (κ3) is 4.45. The molecule has 1 amide bonds. The van der Waals surface area contributed by atoms with Crippen molar-refractivity contribution in [1.29, 1.82) is 0 Å². The van der Waals surface area contributed by atoms with Crippen molar-refractivity contribution < 1.29 is 9.32 Å². The normalized spacial score (nSPS) is 14.9. The number of hydrogen-bond acceptors (Lipinski definition) is 5. The van der Waals surface area contributed by atoms with Crippen LogP contribution in [0.3, 0.4) is 0 Å². The minimum atomic E-state index is -0.100. The number of rotatable bonds is 4. The SMILES string of the molecule is Cc1ccc(-c2noc(CN3CCN(C(=O)c4cccc(Cl)c4Cl)CC3)n2)cc1. The Hall–Kier alpha value is -2.41. The third-order valence-electron chi connectivity index (χ3n) is 4.98. The molecule has 0 unspecified atom stereocenters. The number of hydrogen-bond donors (Lipinski definition) is 0. The number of carbonyl (C=O) groups is 1. The summed E-state index contributed by atoms with van der Waals surface area (Å²) in [6, 6.07) is 13.1. The Bertz CT molecular complexity index is 1010. The van der Waals surface area contributed by atoms with E-state index >= 15 is 0 Å². The second kappa shape index (κ2) is 8.53. The van der Waals surface area contributed by atoms with Crippen LogP contribution in [0.1, 0.15) is 21.8 Å². The highest BCUT2D eigenvalue weighted by Crippen LogP contribution is 2.27. The highest BCUT2D eigenvalue weighted by Gasteiger charge is 2.25. The van der Waals surface area contributed by atoms with E-state index in [1.54, 1.807) is 23.1 Å². The fourth-order valence-corrected chi connectivity index (χ4v) is 3.66. The first kappa shape index (κ1) is 19.9. The Kier molecular flexibility index (Phi) is 5.85. The molecule has 2 aromatic carbocycles. The lowest BCUT2D eigenvalue weighted by Crippen LogP contribution is -2.48. The number of benzene rings is 2. The maximum atomic E-state index is 12.7. The van der Waals surface area contributed by atoms with Crippen LogP contribution in [-0.4, -0.2) is 52.0 Å². The molecule has 4 rings (SSSR count). The summed E-state index contributed by atoms with van der Waals surface area (Å²) < 4.78 is 5.41. The first-order valence-electron chi connectivity index (χ1n) is 9.36. The summed E-state index contributed by atoms with van der Waals surface area (Å²) in [4.78, 5) is 21.2. The van der Waals surface area contributed by atoms with Gasteiger partial charge in [0.2, 0.25) is 11.7 Å². The summed E-state index contributed by atoms with van der Waals surface area (Å²) in [5.41, 5.74) is 2.55. The average molecular weight is 431 g/mol. The number of nitrogens with zero attached hydrogens (tertiary/aromatic N) is 4. The van der Waals surface area contributed by atoms with Gasteiger partial charge in [0.25, 0.3) is 5.91 Å². The molecular formula is C21H20Cl2N4O2. The van der Waals surface area contributed by atoms with Gasteiger partial charge in [-0.05, 0) is 19.1 Å². The highest BCUT2D eigenvalue weighted by atomic mass is 35.5. The molecule has 0 atom stereocenters. The molecular weight excluding hydrogens is 411 g/mol. The van der Waals surface area contributed by atoms with Crippen molar-refractivity contribution in [2.45, 2.75) is 13.5 Å². The molecule has 0 aliphatic carbocycles. The van der Waals surface area contributed by atoms with E-state index in [-0.39, 0.29) is 5.91 Å². The Morgan fingerprint density at radius 1 is 1.07 bits per heavy atom. The van der Waals surface area contributed by atoms with Crippen LogP contribution in [0.2, 0.25) is 10.0 Å². The Balaban J connectivity index is 1.35. The van der Waals surface area contributed by atoms with Gasteiger partial charge in [0, 0.05) is 31.7 Å². The molecule has 29 heavy (non-hydrogen) atoms. The van der Waals surface area contributed by atoms with E-state index in [4.69, 9.17) is 27.7 Å². The van der Waals surface area contributed by atoms with Gasteiger partial charge in [-0.15, -0.1) is 0 Å². The van der Waals surface area contributed by atoms with Gasteiger partial charge < -0.3 is 9.42 Å². The van der Waals surface area contributed by atoms with E-state index in [9.17, 15) is 4.79 Å². The molecule has 0 N–H and O–H groups in total. The van der Waals surface area contributed by atoms with Crippen LogP contribution in [0.4, 0.5) is 0 Å². The van der Waals surface area contributed by atoms with Gasteiger partial charge in [0.1, 0.15) is 0 Å². The molecule has 1 saturated heterocycles. The minimum absolute atomic E-state index is 0.100. The molecule has 1 aromatic heterocycles. The Labute approximate surface area is 179 Å². The lowest BCUT2D eigenvalue weighted by atomic mass is 10.1. The van der Waals surface area contributed by atoms with E-state index < -0.39 is 0 Å². The minimum Gasteiger partial charge on any atom is -0.338 e. The molecule has 0 bridgehead atoms. The zero-order valence-corrected chi connectivity index (χ0v) is 17.5. The predicted molar refractivity (Wildman–Crippen MR) is 112 cm³/mol. The van der Waals surface area contributed by atoms with Gasteiger partial charge >= 0.3 is 0 Å². The molecule has 6 nitrogen and oxygen atoms in total. The second-order valence-electron chi connectivity index (χ2n) is 7.05. The molecule has 0 radical (unpaired) electrons. The summed E-state index contributed by atoms with van der Waals surface area (Å²) in [6.07, 6.45) is 0. The van der Waals surface area contributed by atoms with Gasteiger partial charge in [-0.1, -0.05) is 64.3 Å². The molecule has 1 aliphatic heterocycles. The van der Waals surface area contributed by atoms with Crippen LogP contribution in [0.25, 0.3) is 11.4 Å². The quantitative estimate of drug-likeness (QED) is 0.616. The third-order valence-corrected chi connectivity index (χ3v) is 5.80. The van der Waals surface area contributed by atoms with Crippen molar-refractivity contribution >= 4 is 29.1 Å². The van der Waals surface area contributed by atoms with Crippen LogP contribution < -0.4 is 0 Å². The van der Waals surface area contributed by atoms with Crippen molar-refractivity contribution in [1.82, 2.24) is 19.9 Å². The molecule has 1 fully saturated rings. The second-order valence-corrected chi connectivity index (χ2v) is 7.83. The Morgan fingerprint density at radius 3 is 2.52 bits per heavy atom. The number of aryl methyl sites for hydroxylation is 1. The summed E-state index contributed by atoms with van der Waals surface area (Å²) in [5, 5.41) is 4.77. The lowest BCUT2D eigenvalue weighted by Gasteiger charge is -2.34. The average Bonchev–Trinajstić information content (AvgIpc) is 3.19. The fraction of sp³-hybridized carbons (Fsp3) is 0.286. The standard InChI is InChI=1S/C21H20Cl2N4O2/c1-14-5-7-15(8-6-14)20-24-18(29-25-20)13-26-9-11-27(12-10-26)21(28)16-3-2-4-17(22)19(16)23/h2-8H,9-13H2,1H3. The van der Waals surface area contributed by atoms with Crippen molar-refractivity contribution in [3.63, 3.8) is 0 Å². The molecule has 3 aromatic rings. The molecule has 0 saturated carbocycles. The van der Waals surface area contributed by atoms with Gasteiger partial charge in [-0.3, -0.25) is 9.69 Å². The first-order chi connectivity index (χ1) is 14.0. The summed E-state index contributed by atoms with van der Waals surface area (Å²) in [7, 11) is 0. The van der Waals surface area contributed by atoms with E-state index in [0.29, 0.717) is 60.0 Å². The maximum Gasteiger partial charge on any atom is 0.255 e. The van der Waals surface area contributed by atoms with Crippen LogP contribution in [-0.2, 0) is 6.54 Å². The lowest BCUT2D eigenvalue weighted by molar-refractivity contribution is 0.0615. The van der Waals surface area contributed by atoms with Gasteiger partial charge in [0.05, 0.1) is 22.2 Å². The van der Waals surface area contributed by atoms with Crippen molar-refractivity contribution in [3.05, 3.63) is 69.5 Å². The molecule has 0 spiro atoms. The molecule has 1 aliphatic rings. The van der Waals surface area contributed by atoms with Gasteiger partial charge in [-0.2, -0.15) is 4.98 Å². The number of aromatic nitrogens is 2. The van der Waals surface area contributed by atoms with Gasteiger partial charge in [0.15, 0.2) is 0 Å². The number of amides is 1. The largest absolute Gasteiger partial charge is 0.338 e. The van der Waals surface area contributed by atoms with Crippen molar-refractivity contribution in [2.24, 2.45) is 0 Å². The predicted octanol–water partition coefficient (Wildman–Crippen LogP) is 4.31. The van der Waals surface area contributed by atoms with E-state index in [1.807, 2.05) is 31.2 Å². The monoisotopic (exact) mass is 430 g/mol. The smallest absolute Gasteiger partial charge is 0.255 e. The maximum absolute atomic E-state index is 12.7. The van der Waals surface area contributed by atoms with E-state index in [1.165, 1.54) is 5.56 Å². The number of piperazine rings is 1. The number of halogens is 2. The van der Waals surface area contributed by atoms with Crippen molar-refractivity contribution in [2.75, 3.05) is 26.2 Å². The van der Waals surface area contributed by atoms with Crippen LogP contribution >= 0.6 is 23.2 Å². The summed E-state index contributed by atoms with van der Waals surface area (Å²) in [5.74, 6) is 1.05. The zero-order valence-electron chi connectivity index (χ0n) is 15.9.